The maximum atomic E-state index is 14.0. The average molecular weight is 708 g/mol. The van der Waals surface area contributed by atoms with Gasteiger partial charge in [-0.25, -0.2) is 14.4 Å². The predicted octanol–water partition coefficient (Wildman–Crippen LogP) is 6.91. The van der Waals surface area contributed by atoms with E-state index in [1.807, 2.05) is 74.5 Å². The highest BCUT2D eigenvalue weighted by atomic mass is 32.1. The SMILES string of the molecule is CC(C)N(C)C(=O)N[C@@H](CCNC(=O)OC(C)(C)C)C(=O)C[C@H](CC[C@H](Cc1ccccc1)NC(=O)OCc1cncs1)Cc1ccccc1. The van der Waals surface area contributed by atoms with Crippen molar-refractivity contribution in [2.75, 3.05) is 13.6 Å². The second-order valence-electron chi connectivity index (χ2n) is 13.8. The van der Waals surface area contributed by atoms with Gasteiger partial charge in [0.15, 0.2) is 5.78 Å². The van der Waals surface area contributed by atoms with Crippen LogP contribution in [0.15, 0.2) is 72.4 Å². The molecule has 50 heavy (non-hydrogen) atoms. The van der Waals surface area contributed by atoms with E-state index in [4.69, 9.17) is 9.47 Å². The molecule has 0 aliphatic heterocycles. The number of thiazole rings is 1. The van der Waals surface area contributed by atoms with Crippen molar-refractivity contribution in [3.8, 4) is 0 Å². The van der Waals surface area contributed by atoms with Crippen LogP contribution in [-0.2, 0) is 33.7 Å². The molecule has 12 heteroatoms. The molecule has 0 unspecified atom stereocenters. The largest absolute Gasteiger partial charge is 0.444 e. The van der Waals surface area contributed by atoms with Crippen molar-refractivity contribution in [1.82, 2.24) is 25.8 Å². The molecule has 3 atom stereocenters. The Kier molecular flexibility index (Phi) is 16.2. The molecule has 1 heterocycles. The summed E-state index contributed by atoms with van der Waals surface area (Å²) in [4.78, 5) is 58.7. The molecule has 0 fully saturated rings. The third kappa shape index (κ3) is 15.4. The molecule has 4 amide bonds. The lowest BCUT2D eigenvalue weighted by Gasteiger charge is -2.27. The lowest BCUT2D eigenvalue weighted by Crippen LogP contribution is -2.50. The molecule has 2 aromatic carbocycles. The molecule has 11 nitrogen and oxygen atoms in total. The number of amides is 4. The molecule has 272 valence electrons. The summed E-state index contributed by atoms with van der Waals surface area (Å²) >= 11 is 1.42. The highest BCUT2D eigenvalue weighted by Gasteiger charge is 2.27. The summed E-state index contributed by atoms with van der Waals surface area (Å²) < 4.78 is 10.8. The van der Waals surface area contributed by atoms with Gasteiger partial charge in [-0.05, 0) is 83.8 Å². The lowest BCUT2D eigenvalue weighted by molar-refractivity contribution is -0.122. The number of nitrogens with one attached hydrogen (secondary N) is 3. The minimum atomic E-state index is -0.822. The molecule has 0 radical (unpaired) electrons. The number of benzene rings is 2. The Morgan fingerprint density at radius 2 is 1.50 bits per heavy atom. The smallest absolute Gasteiger partial charge is 0.407 e. The van der Waals surface area contributed by atoms with Gasteiger partial charge in [-0.3, -0.25) is 9.78 Å². The number of ketones is 1. The van der Waals surface area contributed by atoms with Crippen LogP contribution in [0.25, 0.3) is 0 Å². The van der Waals surface area contributed by atoms with E-state index < -0.39 is 23.8 Å². The van der Waals surface area contributed by atoms with E-state index >= 15 is 0 Å². The van der Waals surface area contributed by atoms with Gasteiger partial charge < -0.3 is 30.3 Å². The van der Waals surface area contributed by atoms with Gasteiger partial charge >= 0.3 is 18.2 Å². The Morgan fingerprint density at radius 1 is 0.860 bits per heavy atom. The van der Waals surface area contributed by atoms with E-state index in [9.17, 15) is 19.2 Å². The van der Waals surface area contributed by atoms with Crippen LogP contribution in [-0.4, -0.2) is 71.2 Å². The third-order valence-corrected chi connectivity index (χ3v) is 8.89. The number of hydrogen-bond acceptors (Lipinski definition) is 8. The number of alkyl carbamates (subject to hydrolysis) is 2. The Labute approximate surface area is 300 Å². The molecule has 0 aliphatic rings. The maximum absolute atomic E-state index is 14.0. The van der Waals surface area contributed by atoms with Crippen LogP contribution < -0.4 is 16.0 Å². The summed E-state index contributed by atoms with van der Waals surface area (Å²) in [5.41, 5.74) is 3.20. The van der Waals surface area contributed by atoms with E-state index in [1.165, 1.54) is 16.2 Å². The fraction of sp³-hybridized carbons (Fsp3) is 0.500. The van der Waals surface area contributed by atoms with Gasteiger partial charge in [-0.15, -0.1) is 11.3 Å². The first-order valence-corrected chi connectivity index (χ1v) is 18.1. The molecular formula is C38H53N5O6S. The Bertz CT molecular complexity index is 1460. The topological polar surface area (TPSA) is 139 Å². The second-order valence-corrected chi connectivity index (χ2v) is 14.8. The van der Waals surface area contributed by atoms with E-state index in [2.05, 4.69) is 20.9 Å². The molecule has 0 aliphatic carbocycles. The predicted molar refractivity (Wildman–Crippen MR) is 196 cm³/mol. The normalized spacial score (nSPS) is 13.1. The van der Waals surface area contributed by atoms with Crippen LogP contribution in [0, 0.1) is 5.92 Å². The number of urea groups is 1. The summed E-state index contributed by atoms with van der Waals surface area (Å²) in [5, 5.41) is 8.67. The summed E-state index contributed by atoms with van der Waals surface area (Å²) in [7, 11) is 1.68. The van der Waals surface area contributed by atoms with Crippen molar-refractivity contribution in [3.05, 3.63) is 88.4 Å². The van der Waals surface area contributed by atoms with Crippen molar-refractivity contribution >= 4 is 35.3 Å². The number of ether oxygens (including phenoxy) is 2. The first-order chi connectivity index (χ1) is 23.8. The van der Waals surface area contributed by atoms with E-state index in [0.29, 0.717) is 25.7 Å². The highest BCUT2D eigenvalue weighted by molar-refractivity contribution is 7.09. The number of Topliss-reactive ketones (excluding diaryl/α,β-unsaturated/α-hetero) is 1. The van der Waals surface area contributed by atoms with Crippen LogP contribution in [0.4, 0.5) is 14.4 Å². The number of aromatic nitrogens is 1. The van der Waals surface area contributed by atoms with Gasteiger partial charge in [0.1, 0.15) is 12.2 Å². The fourth-order valence-electron chi connectivity index (χ4n) is 5.30. The van der Waals surface area contributed by atoms with Crippen LogP contribution in [0.1, 0.15) is 76.3 Å². The van der Waals surface area contributed by atoms with Gasteiger partial charge in [0, 0.05) is 38.3 Å². The first kappa shape index (κ1) is 40.0. The lowest BCUT2D eigenvalue weighted by atomic mass is 9.86. The zero-order chi connectivity index (χ0) is 36.5. The summed E-state index contributed by atoms with van der Waals surface area (Å²) in [6.07, 6.45) is 3.46. The summed E-state index contributed by atoms with van der Waals surface area (Å²) in [5.74, 6) is -0.210. The third-order valence-electron chi connectivity index (χ3n) is 8.14. The Morgan fingerprint density at radius 3 is 2.08 bits per heavy atom. The van der Waals surface area contributed by atoms with Crippen molar-refractivity contribution in [2.45, 2.75) is 103 Å². The van der Waals surface area contributed by atoms with Gasteiger partial charge in [-0.1, -0.05) is 60.7 Å². The van der Waals surface area contributed by atoms with Crippen molar-refractivity contribution in [3.63, 3.8) is 0 Å². The number of hydrogen-bond donors (Lipinski definition) is 3. The average Bonchev–Trinajstić information content (AvgIpc) is 3.59. The van der Waals surface area contributed by atoms with Crippen LogP contribution in [0.2, 0.25) is 0 Å². The zero-order valence-electron chi connectivity index (χ0n) is 30.1. The Balaban J connectivity index is 1.76. The minimum absolute atomic E-state index is 0.0702. The number of carbonyl (C=O) groups is 4. The van der Waals surface area contributed by atoms with Gasteiger partial charge in [0.05, 0.1) is 16.4 Å². The zero-order valence-corrected chi connectivity index (χ0v) is 31.0. The van der Waals surface area contributed by atoms with Crippen LogP contribution >= 0.6 is 11.3 Å². The molecular weight excluding hydrogens is 655 g/mol. The molecule has 0 saturated heterocycles. The summed E-state index contributed by atoms with van der Waals surface area (Å²) in [6, 6.07) is 18.4. The molecule has 3 aromatic rings. The van der Waals surface area contributed by atoms with Crippen LogP contribution in [0.3, 0.4) is 0 Å². The second kappa shape index (κ2) is 20.3. The fourth-order valence-corrected chi connectivity index (χ4v) is 5.81. The quantitative estimate of drug-likeness (QED) is 0.131. The minimum Gasteiger partial charge on any atom is -0.444 e. The van der Waals surface area contributed by atoms with Crippen LogP contribution in [0.5, 0.6) is 0 Å². The standard InChI is InChI=1S/C38H53N5O6S/c1-27(2)43(6)35(45)42-33(19-20-40-36(46)49-38(3,4)5)34(44)23-30(21-28-13-9-7-10-14-28)17-18-31(22-29-15-11-8-12-16-29)41-37(47)48-25-32-24-39-26-50-32/h7-16,24,26-27,30-31,33H,17-23,25H2,1-6H3,(H,40,46)(H,41,47)(H,42,45)/t30-,31-,33+/m1/s1. The molecule has 3 N–H and O–H groups in total. The van der Waals surface area contributed by atoms with Crippen molar-refractivity contribution in [2.24, 2.45) is 5.92 Å². The van der Waals surface area contributed by atoms with Crippen molar-refractivity contribution < 1.29 is 28.7 Å². The molecule has 3 rings (SSSR count). The first-order valence-electron chi connectivity index (χ1n) is 17.2. The molecule has 0 bridgehead atoms. The monoisotopic (exact) mass is 707 g/mol. The number of nitrogens with zero attached hydrogens (tertiary/aromatic N) is 2. The molecule has 1 aromatic heterocycles. The van der Waals surface area contributed by atoms with Gasteiger partial charge in [-0.2, -0.15) is 0 Å². The number of carbonyl (C=O) groups excluding carboxylic acids is 4. The van der Waals surface area contributed by atoms with Gasteiger partial charge in [0.2, 0.25) is 0 Å². The van der Waals surface area contributed by atoms with E-state index in [-0.39, 0.29) is 55.8 Å². The summed E-state index contributed by atoms with van der Waals surface area (Å²) in [6.45, 7) is 9.41. The Hall–Kier alpha value is -4.45. The van der Waals surface area contributed by atoms with E-state index in [1.54, 1.807) is 39.5 Å². The van der Waals surface area contributed by atoms with E-state index in [0.717, 1.165) is 16.0 Å². The van der Waals surface area contributed by atoms with Crippen molar-refractivity contribution in [1.29, 1.82) is 0 Å². The highest BCUT2D eigenvalue weighted by Crippen LogP contribution is 2.22. The number of rotatable bonds is 18. The maximum Gasteiger partial charge on any atom is 0.407 e. The van der Waals surface area contributed by atoms with Gasteiger partial charge in [0.25, 0.3) is 0 Å². The molecule has 0 spiro atoms. The molecule has 0 saturated carbocycles.